The fourth-order valence-electron chi connectivity index (χ4n) is 3.80. The maximum Gasteiger partial charge on any atom is 0.339 e. The molecular formula is C27H23N5O6S2. The molecule has 0 aliphatic heterocycles. The van der Waals surface area contributed by atoms with E-state index >= 15 is 0 Å². The molecule has 5 aromatic rings. The van der Waals surface area contributed by atoms with Gasteiger partial charge in [0.2, 0.25) is 11.0 Å². The number of nitrogens with one attached hydrogen (secondary N) is 2. The number of rotatable bonds is 9. The van der Waals surface area contributed by atoms with Gasteiger partial charge in [0.1, 0.15) is 10.5 Å². The molecule has 204 valence electrons. The van der Waals surface area contributed by atoms with Crippen LogP contribution in [0, 0.1) is 6.92 Å². The van der Waals surface area contributed by atoms with Crippen LogP contribution in [-0.4, -0.2) is 41.6 Å². The Kier molecular flexibility index (Phi) is 7.58. The number of benzene rings is 3. The summed E-state index contributed by atoms with van der Waals surface area (Å²) in [6.45, 7) is 3.42. The number of carbonyl (C=O) groups excluding carboxylic acids is 2. The molecule has 5 rings (SSSR count). The molecule has 0 saturated carbocycles. The van der Waals surface area contributed by atoms with Crippen molar-refractivity contribution in [2.45, 2.75) is 31.3 Å². The van der Waals surface area contributed by atoms with E-state index in [2.05, 4.69) is 25.2 Å². The fraction of sp³-hybridized carbons (Fsp3) is 0.148. The molecule has 2 N–H and O–H groups in total. The summed E-state index contributed by atoms with van der Waals surface area (Å²) < 4.78 is 39.0. The number of esters is 1. The third-order valence-electron chi connectivity index (χ3n) is 5.76. The van der Waals surface area contributed by atoms with E-state index in [1.807, 2.05) is 12.1 Å². The molecule has 0 aliphatic rings. The minimum atomic E-state index is -3.89. The highest BCUT2D eigenvalue weighted by Gasteiger charge is 2.25. The van der Waals surface area contributed by atoms with Gasteiger partial charge in [-0.15, -0.1) is 10.2 Å². The van der Waals surface area contributed by atoms with Gasteiger partial charge in [0.15, 0.2) is 11.7 Å². The molecule has 3 aromatic carbocycles. The molecule has 1 unspecified atom stereocenters. The van der Waals surface area contributed by atoms with E-state index in [1.165, 1.54) is 24.3 Å². The van der Waals surface area contributed by atoms with E-state index in [0.29, 0.717) is 27.4 Å². The Bertz CT molecular complexity index is 1760. The zero-order valence-electron chi connectivity index (χ0n) is 21.3. The number of carbonyl (C=O) groups is 2. The van der Waals surface area contributed by atoms with Crippen LogP contribution in [0.15, 0.2) is 82.1 Å². The van der Waals surface area contributed by atoms with Crippen LogP contribution in [0.25, 0.3) is 22.6 Å². The lowest BCUT2D eigenvalue weighted by Crippen LogP contribution is -2.32. The summed E-state index contributed by atoms with van der Waals surface area (Å²) in [4.78, 5) is 30.5. The molecule has 0 saturated heterocycles. The maximum absolute atomic E-state index is 13.1. The Morgan fingerprint density at radius 3 is 2.42 bits per heavy atom. The normalized spacial score (nSPS) is 12.2. The van der Waals surface area contributed by atoms with E-state index in [-0.39, 0.29) is 27.9 Å². The van der Waals surface area contributed by atoms with Gasteiger partial charge in [-0.05, 0) is 61.9 Å². The SMILES string of the molecule is CCC(OC(=O)c1ccccc1-c1nc2ccccc2o1)C(=O)Nc1ccc(S(=O)(=O)Nc2nnc(C)s2)cc1. The minimum Gasteiger partial charge on any atom is -0.449 e. The van der Waals surface area contributed by atoms with Crippen molar-refractivity contribution in [2.75, 3.05) is 10.0 Å². The van der Waals surface area contributed by atoms with Crippen molar-refractivity contribution in [1.82, 2.24) is 15.2 Å². The molecule has 0 bridgehead atoms. The molecule has 0 aliphatic carbocycles. The van der Waals surface area contributed by atoms with Gasteiger partial charge in [-0.1, -0.05) is 42.5 Å². The number of amides is 1. The summed E-state index contributed by atoms with van der Waals surface area (Å²) in [5.41, 5.74) is 2.20. The van der Waals surface area contributed by atoms with Crippen LogP contribution in [0.5, 0.6) is 0 Å². The topological polar surface area (TPSA) is 153 Å². The van der Waals surface area contributed by atoms with E-state index in [1.54, 1.807) is 50.2 Å². The molecule has 0 fully saturated rings. The Hall–Kier alpha value is -4.62. The van der Waals surface area contributed by atoms with Gasteiger partial charge >= 0.3 is 5.97 Å². The highest BCUT2D eigenvalue weighted by atomic mass is 32.2. The average Bonchev–Trinajstić information content (AvgIpc) is 3.57. The average molecular weight is 578 g/mol. The third-order valence-corrected chi connectivity index (χ3v) is 8.00. The number of oxazole rings is 1. The number of aromatic nitrogens is 3. The number of ether oxygens (including phenoxy) is 1. The van der Waals surface area contributed by atoms with E-state index in [4.69, 9.17) is 9.15 Å². The monoisotopic (exact) mass is 577 g/mol. The molecule has 1 amide bonds. The highest BCUT2D eigenvalue weighted by Crippen LogP contribution is 2.28. The first-order chi connectivity index (χ1) is 19.2. The van der Waals surface area contributed by atoms with Gasteiger partial charge in [-0.3, -0.25) is 9.52 Å². The second-order valence-electron chi connectivity index (χ2n) is 8.58. The molecule has 40 heavy (non-hydrogen) atoms. The summed E-state index contributed by atoms with van der Waals surface area (Å²) in [7, 11) is -3.89. The largest absolute Gasteiger partial charge is 0.449 e. The van der Waals surface area contributed by atoms with Gasteiger partial charge in [0.05, 0.1) is 16.0 Å². The zero-order valence-corrected chi connectivity index (χ0v) is 23.0. The molecule has 0 spiro atoms. The first kappa shape index (κ1) is 27.0. The van der Waals surface area contributed by atoms with Crippen LogP contribution in [0.1, 0.15) is 28.7 Å². The lowest BCUT2D eigenvalue weighted by atomic mass is 10.1. The summed E-state index contributed by atoms with van der Waals surface area (Å²) in [5, 5.41) is 11.0. The summed E-state index contributed by atoms with van der Waals surface area (Å²) in [6, 6.07) is 19.5. The Morgan fingerprint density at radius 2 is 1.73 bits per heavy atom. The maximum atomic E-state index is 13.1. The van der Waals surface area contributed by atoms with Gasteiger partial charge in [0, 0.05) is 5.69 Å². The summed E-state index contributed by atoms with van der Waals surface area (Å²) in [5.74, 6) is -1.01. The first-order valence-corrected chi connectivity index (χ1v) is 14.4. The molecular weight excluding hydrogens is 554 g/mol. The number of para-hydroxylation sites is 2. The van der Waals surface area contributed by atoms with Crippen molar-refractivity contribution in [3.63, 3.8) is 0 Å². The lowest BCUT2D eigenvalue weighted by Gasteiger charge is -2.17. The number of aryl methyl sites for hydroxylation is 1. The van der Waals surface area contributed by atoms with Gasteiger partial charge in [-0.2, -0.15) is 0 Å². The number of sulfonamides is 1. The molecule has 1 atom stereocenters. The van der Waals surface area contributed by atoms with Gasteiger partial charge < -0.3 is 14.5 Å². The van der Waals surface area contributed by atoms with Gasteiger partial charge in [-0.25, -0.2) is 18.2 Å². The predicted molar refractivity (Wildman–Crippen MR) is 149 cm³/mol. The van der Waals surface area contributed by atoms with Crippen molar-refractivity contribution in [3.8, 4) is 11.5 Å². The predicted octanol–water partition coefficient (Wildman–Crippen LogP) is 5.03. The number of fused-ring (bicyclic) bond motifs is 1. The summed E-state index contributed by atoms with van der Waals surface area (Å²) in [6.07, 6.45) is -0.893. The first-order valence-electron chi connectivity index (χ1n) is 12.1. The molecule has 0 radical (unpaired) electrons. The van der Waals surface area contributed by atoms with Crippen LogP contribution in [0.3, 0.4) is 0 Å². The second-order valence-corrected chi connectivity index (χ2v) is 11.4. The smallest absolute Gasteiger partial charge is 0.339 e. The Balaban J connectivity index is 1.27. The van der Waals surface area contributed by atoms with Crippen molar-refractivity contribution in [1.29, 1.82) is 0 Å². The number of anilines is 2. The Labute approximate surface area is 233 Å². The van der Waals surface area contributed by atoms with Crippen molar-refractivity contribution in [3.05, 3.63) is 83.4 Å². The van der Waals surface area contributed by atoms with E-state index in [0.717, 1.165) is 11.3 Å². The van der Waals surface area contributed by atoms with Gasteiger partial charge in [0.25, 0.3) is 15.9 Å². The second kappa shape index (κ2) is 11.2. The molecule has 2 aromatic heterocycles. The third kappa shape index (κ3) is 5.84. The van der Waals surface area contributed by atoms with Crippen LogP contribution in [0.4, 0.5) is 10.8 Å². The quantitative estimate of drug-likeness (QED) is 0.230. The van der Waals surface area contributed by atoms with E-state index in [9.17, 15) is 18.0 Å². The van der Waals surface area contributed by atoms with Crippen LogP contribution >= 0.6 is 11.3 Å². The summed E-state index contributed by atoms with van der Waals surface area (Å²) >= 11 is 1.11. The Morgan fingerprint density at radius 1 is 1.00 bits per heavy atom. The standard InChI is InChI=1S/C27H23N5O6S2/c1-3-22(24(33)28-17-12-14-18(15-13-17)40(35,36)32-27-31-30-16(2)39-27)38-26(34)20-9-5-4-8-19(20)25-29-21-10-6-7-11-23(21)37-25/h4-15,22H,3H2,1-2H3,(H,28,33)(H,31,32). The number of nitrogens with zero attached hydrogens (tertiary/aromatic N) is 3. The molecule has 2 heterocycles. The van der Waals surface area contributed by atoms with Crippen molar-refractivity contribution >= 4 is 55.2 Å². The number of hydrogen-bond donors (Lipinski definition) is 2. The van der Waals surface area contributed by atoms with Crippen molar-refractivity contribution in [2.24, 2.45) is 0 Å². The van der Waals surface area contributed by atoms with Crippen LogP contribution in [0.2, 0.25) is 0 Å². The minimum absolute atomic E-state index is 0.0207. The van der Waals surface area contributed by atoms with Crippen LogP contribution < -0.4 is 10.0 Å². The fourth-order valence-corrected chi connectivity index (χ4v) is 5.62. The molecule has 11 nitrogen and oxygen atoms in total. The molecule has 13 heteroatoms. The van der Waals surface area contributed by atoms with E-state index < -0.39 is 28.0 Å². The lowest BCUT2D eigenvalue weighted by molar-refractivity contribution is -0.124. The highest BCUT2D eigenvalue weighted by molar-refractivity contribution is 7.93. The van der Waals surface area contributed by atoms with Crippen LogP contribution in [-0.2, 0) is 19.6 Å². The van der Waals surface area contributed by atoms with Crippen molar-refractivity contribution < 1.29 is 27.2 Å². The number of hydrogen-bond acceptors (Lipinski definition) is 10. The zero-order chi connectivity index (χ0) is 28.3.